The Bertz CT molecular complexity index is 816. The van der Waals surface area contributed by atoms with E-state index in [-0.39, 0.29) is 0 Å². The molecule has 6 nitrogen and oxygen atoms in total. The molecule has 3 rings (SSSR count). The van der Waals surface area contributed by atoms with E-state index in [2.05, 4.69) is 23.3 Å². The second-order valence-electron chi connectivity index (χ2n) is 6.42. The SMILES string of the molecule is C=O.C=O.CN1CCCC1.CNc1ccc(C(F)(F)F)c(O)c1.Cc1ccccc1C#N. The van der Waals surface area contributed by atoms with Gasteiger partial charge >= 0.3 is 6.18 Å². The third-order valence-electron chi connectivity index (χ3n) is 4.19. The number of rotatable bonds is 1. The number of anilines is 1. The fourth-order valence-corrected chi connectivity index (χ4v) is 2.50. The standard InChI is InChI=1S/C8H8F3NO.C8H7N.C5H11N.2CH2O/c1-12-5-2-3-6(7(13)4-5)8(9,10)11;1-7-4-2-3-5-8(7)6-9;1-6-4-2-3-5-6;2*1-2/h2-4,12-13H,1H3;2-5H,1H3;2-5H2,1H3;2*1H2. The molecule has 0 saturated carbocycles. The molecule has 0 atom stereocenters. The van der Waals surface area contributed by atoms with Gasteiger partial charge < -0.3 is 24.9 Å². The molecule has 2 aromatic carbocycles. The summed E-state index contributed by atoms with van der Waals surface area (Å²) in [5, 5.41) is 20.1. The number of phenols is 1. The van der Waals surface area contributed by atoms with Gasteiger partial charge in [0.05, 0.1) is 17.2 Å². The van der Waals surface area contributed by atoms with Crippen LogP contribution in [0.1, 0.15) is 29.5 Å². The van der Waals surface area contributed by atoms with Crippen molar-refractivity contribution in [2.45, 2.75) is 25.9 Å². The second kappa shape index (κ2) is 17.3. The first-order valence-electron chi connectivity index (χ1n) is 9.49. The number of phenolic OH excluding ortho intramolecular Hbond substituents is 1. The first kappa shape index (κ1) is 30.8. The van der Waals surface area contributed by atoms with Gasteiger partial charge in [0.2, 0.25) is 0 Å². The third kappa shape index (κ3) is 12.3. The van der Waals surface area contributed by atoms with E-state index in [1.807, 2.05) is 44.8 Å². The maximum atomic E-state index is 12.1. The summed E-state index contributed by atoms with van der Waals surface area (Å²) in [5.41, 5.74) is 1.22. The van der Waals surface area contributed by atoms with Crippen molar-refractivity contribution in [3.05, 3.63) is 59.2 Å². The zero-order valence-electron chi connectivity index (χ0n) is 18.6. The van der Waals surface area contributed by atoms with Crippen molar-refractivity contribution in [1.82, 2.24) is 4.90 Å². The third-order valence-corrected chi connectivity index (χ3v) is 4.19. The Morgan fingerprint density at radius 2 is 1.59 bits per heavy atom. The normalized spacial score (nSPS) is 12.0. The molecule has 0 amide bonds. The smallest absolute Gasteiger partial charge is 0.419 e. The van der Waals surface area contributed by atoms with E-state index in [1.165, 1.54) is 32.0 Å². The van der Waals surface area contributed by atoms with Crippen LogP contribution in [-0.4, -0.2) is 50.8 Å². The van der Waals surface area contributed by atoms with E-state index in [1.54, 1.807) is 7.05 Å². The summed E-state index contributed by atoms with van der Waals surface area (Å²) in [7, 11) is 3.73. The summed E-state index contributed by atoms with van der Waals surface area (Å²) in [6.07, 6.45) is -1.68. The van der Waals surface area contributed by atoms with Gasteiger partial charge in [0.15, 0.2) is 0 Å². The molecule has 0 spiro atoms. The summed E-state index contributed by atoms with van der Waals surface area (Å²) >= 11 is 0. The average Bonchev–Trinajstić information content (AvgIpc) is 3.27. The fourth-order valence-electron chi connectivity index (χ4n) is 2.50. The number of benzene rings is 2. The Labute approximate surface area is 187 Å². The average molecular weight is 454 g/mol. The van der Waals surface area contributed by atoms with Crippen molar-refractivity contribution in [3.8, 4) is 11.8 Å². The quantitative estimate of drug-likeness (QED) is 0.652. The molecular formula is C23H30F3N3O3. The van der Waals surface area contributed by atoms with Gasteiger partial charge in [0, 0.05) is 18.8 Å². The highest BCUT2D eigenvalue weighted by molar-refractivity contribution is 5.51. The predicted molar refractivity (Wildman–Crippen MR) is 120 cm³/mol. The van der Waals surface area contributed by atoms with E-state index in [0.717, 1.165) is 23.3 Å². The molecule has 9 heteroatoms. The Balaban J connectivity index is 0. The lowest BCUT2D eigenvalue weighted by molar-refractivity contribution is -0.138. The number of aryl methyl sites for hydroxylation is 1. The predicted octanol–water partition coefficient (Wildman–Crippen LogP) is 4.66. The molecule has 0 radical (unpaired) electrons. The molecular weight excluding hydrogens is 423 g/mol. The molecule has 2 N–H and O–H groups in total. The van der Waals surface area contributed by atoms with Crippen LogP contribution in [0.2, 0.25) is 0 Å². The second-order valence-corrected chi connectivity index (χ2v) is 6.42. The maximum absolute atomic E-state index is 12.1. The van der Waals surface area contributed by atoms with E-state index in [4.69, 9.17) is 20.0 Å². The van der Waals surface area contributed by atoms with Crippen molar-refractivity contribution in [1.29, 1.82) is 5.26 Å². The van der Waals surface area contributed by atoms with Gasteiger partial charge in [0.25, 0.3) is 0 Å². The Hall–Kier alpha value is -3.38. The Morgan fingerprint density at radius 3 is 1.91 bits per heavy atom. The summed E-state index contributed by atoms with van der Waals surface area (Å²) in [5.74, 6) is -0.764. The first-order chi connectivity index (χ1) is 15.2. The van der Waals surface area contributed by atoms with Crippen molar-refractivity contribution >= 4 is 19.3 Å². The van der Waals surface area contributed by atoms with Crippen LogP contribution in [0.4, 0.5) is 18.9 Å². The number of hydrogen-bond acceptors (Lipinski definition) is 6. The summed E-state index contributed by atoms with van der Waals surface area (Å²) in [6.45, 7) is 8.57. The van der Waals surface area contributed by atoms with Crippen molar-refractivity contribution in [2.24, 2.45) is 0 Å². The lowest BCUT2D eigenvalue weighted by atomic mass is 10.1. The molecule has 0 aromatic heterocycles. The minimum atomic E-state index is -4.50. The van der Waals surface area contributed by atoms with Crippen LogP contribution in [0.25, 0.3) is 0 Å². The minimum absolute atomic E-state index is 0.436. The summed E-state index contributed by atoms with van der Waals surface area (Å²) < 4.78 is 36.3. The molecule has 1 fully saturated rings. The van der Waals surface area contributed by atoms with Gasteiger partial charge in [-0.15, -0.1) is 0 Å². The topological polar surface area (TPSA) is 93.4 Å². The number of nitrogens with zero attached hydrogens (tertiary/aromatic N) is 2. The van der Waals surface area contributed by atoms with Crippen LogP contribution in [0, 0.1) is 18.3 Å². The molecule has 0 unspecified atom stereocenters. The highest BCUT2D eigenvalue weighted by atomic mass is 19.4. The van der Waals surface area contributed by atoms with E-state index >= 15 is 0 Å². The van der Waals surface area contributed by atoms with E-state index in [9.17, 15) is 13.2 Å². The highest BCUT2D eigenvalue weighted by Gasteiger charge is 2.33. The molecule has 1 heterocycles. The van der Waals surface area contributed by atoms with E-state index < -0.39 is 17.5 Å². The molecule has 176 valence electrons. The van der Waals surface area contributed by atoms with Crippen LogP contribution in [0.3, 0.4) is 0 Å². The lowest BCUT2D eigenvalue weighted by Crippen LogP contribution is -2.10. The van der Waals surface area contributed by atoms with E-state index in [0.29, 0.717) is 5.69 Å². The minimum Gasteiger partial charge on any atom is -0.507 e. The van der Waals surface area contributed by atoms with Gasteiger partial charge in [-0.2, -0.15) is 18.4 Å². The largest absolute Gasteiger partial charge is 0.507 e. The van der Waals surface area contributed by atoms with Crippen LogP contribution < -0.4 is 5.32 Å². The van der Waals surface area contributed by atoms with Crippen molar-refractivity contribution in [2.75, 3.05) is 32.5 Å². The maximum Gasteiger partial charge on any atom is 0.419 e. The van der Waals surface area contributed by atoms with Gasteiger partial charge in [-0.25, -0.2) is 0 Å². The number of alkyl halides is 3. The number of nitrogens with one attached hydrogen (secondary N) is 1. The monoisotopic (exact) mass is 453 g/mol. The zero-order valence-corrected chi connectivity index (χ0v) is 18.6. The van der Waals surface area contributed by atoms with Gasteiger partial charge in [-0.05, 0) is 63.7 Å². The van der Waals surface area contributed by atoms with Crippen molar-refractivity contribution in [3.63, 3.8) is 0 Å². The van der Waals surface area contributed by atoms with Crippen LogP contribution in [0.15, 0.2) is 42.5 Å². The molecule has 1 aliphatic heterocycles. The van der Waals surface area contributed by atoms with Crippen molar-refractivity contribution < 1.29 is 27.9 Å². The number of hydrogen-bond donors (Lipinski definition) is 2. The van der Waals surface area contributed by atoms with Crippen LogP contribution in [0.5, 0.6) is 5.75 Å². The molecule has 0 aliphatic carbocycles. The van der Waals surface area contributed by atoms with Gasteiger partial charge in [-0.1, -0.05) is 18.2 Å². The molecule has 2 aromatic rings. The van der Waals surface area contributed by atoms with Gasteiger partial charge in [-0.3, -0.25) is 0 Å². The van der Waals surface area contributed by atoms with Crippen LogP contribution in [-0.2, 0) is 15.8 Å². The highest BCUT2D eigenvalue weighted by Crippen LogP contribution is 2.36. The molecule has 0 bridgehead atoms. The summed E-state index contributed by atoms with van der Waals surface area (Å²) in [4.78, 5) is 18.4. The lowest BCUT2D eigenvalue weighted by Gasteiger charge is -2.09. The zero-order chi connectivity index (χ0) is 25.2. The Kier molecular flexibility index (Phi) is 16.7. The molecule has 32 heavy (non-hydrogen) atoms. The number of carbonyl (C=O) groups is 2. The number of carbonyl (C=O) groups excluding carboxylic acids is 2. The Morgan fingerprint density at radius 1 is 1.06 bits per heavy atom. The number of nitriles is 1. The number of halogens is 3. The molecule has 1 aliphatic rings. The molecule has 1 saturated heterocycles. The first-order valence-corrected chi connectivity index (χ1v) is 9.49. The van der Waals surface area contributed by atoms with Gasteiger partial charge in [0.1, 0.15) is 19.3 Å². The van der Waals surface area contributed by atoms with Crippen LogP contribution >= 0.6 is 0 Å². The number of aromatic hydroxyl groups is 1. The number of likely N-dealkylation sites (tertiary alicyclic amines) is 1. The summed E-state index contributed by atoms with van der Waals surface area (Å²) in [6, 6.07) is 12.8. The fraction of sp³-hybridized carbons (Fsp3) is 0.348.